The molecule has 0 spiro atoms. The maximum Gasteiger partial charge on any atom is 0.274 e. The van der Waals surface area contributed by atoms with Gasteiger partial charge >= 0.3 is 0 Å². The minimum absolute atomic E-state index is 0.278. The van der Waals surface area contributed by atoms with Gasteiger partial charge in [-0.15, -0.1) is 0 Å². The number of halogens is 1. The van der Waals surface area contributed by atoms with E-state index in [0.29, 0.717) is 11.6 Å². The Balaban J connectivity index is 1.75. The van der Waals surface area contributed by atoms with Crippen LogP contribution in [-0.2, 0) is 0 Å². The lowest BCUT2D eigenvalue weighted by atomic mass is 10.1. The number of rotatable bonds is 3. The Morgan fingerprint density at radius 1 is 1.18 bits per heavy atom. The number of nitrogens with zero attached hydrogens (tertiary/aromatic N) is 3. The largest absolute Gasteiger partial charge is 0.341 e. The van der Waals surface area contributed by atoms with Gasteiger partial charge in [0.2, 0.25) is 5.95 Å². The molecule has 2 heterocycles. The summed E-state index contributed by atoms with van der Waals surface area (Å²) in [7, 11) is 0. The number of hydrogen-bond acceptors (Lipinski definition) is 4. The Hall–Kier alpha value is -2.50. The first-order valence-corrected chi connectivity index (χ1v) is 7.37. The van der Waals surface area contributed by atoms with E-state index in [9.17, 15) is 9.18 Å². The van der Waals surface area contributed by atoms with Gasteiger partial charge in [-0.3, -0.25) is 4.79 Å². The lowest BCUT2D eigenvalue weighted by molar-refractivity contribution is 0.102. The third-order valence-electron chi connectivity index (χ3n) is 3.60. The van der Waals surface area contributed by atoms with Crippen molar-refractivity contribution in [2.24, 2.45) is 0 Å². The molecule has 0 saturated carbocycles. The van der Waals surface area contributed by atoms with E-state index < -0.39 is 5.82 Å². The molecule has 1 aliphatic heterocycles. The molecule has 1 aromatic heterocycles. The molecular formula is C16H17FN4O. The number of nitrogens with one attached hydrogen (secondary N) is 1. The van der Waals surface area contributed by atoms with Crippen molar-refractivity contribution >= 4 is 17.5 Å². The molecule has 0 unspecified atom stereocenters. The Labute approximate surface area is 128 Å². The highest BCUT2D eigenvalue weighted by molar-refractivity contribution is 6.02. The van der Waals surface area contributed by atoms with E-state index in [1.807, 2.05) is 0 Å². The summed E-state index contributed by atoms with van der Waals surface area (Å²) in [4.78, 5) is 22.9. The Morgan fingerprint density at radius 3 is 2.77 bits per heavy atom. The van der Waals surface area contributed by atoms with Gasteiger partial charge in [0, 0.05) is 25.0 Å². The quantitative estimate of drug-likeness (QED) is 0.947. The molecule has 0 aliphatic carbocycles. The molecule has 1 aromatic carbocycles. The molecule has 3 rings (SSSR count). The van der Waals surface area contributed by atoms with E-state index in [0.717, 1.165) is 25.9 Å². The van der Waals surface area contributed by atoms with E-state index >= 15 is 0 Å². The molecule has 0 radical (unpaired) electrons. The monoisotopic (exact) mass is 300 g/mol. The van der Waals surface area contributed by atoms with Gasteiger partial charge in [-0.1, -0.05) is 6.07 Å². The number of aromatic nitrogens is 2. The minimum Gasteiger partial charge on any atom is -0.341 e. The first kappa shape index (κ1) is 14.4. The highest BCUT2D eigenvalue weighted by Gasteiger charge is 2.16. The van der Waals surface area contributed by atoms with Crippen LogP contribution in [0, 0.1) is 5.82 Å². The molecule has 1 fully saturated rings. The molecular weight excluding hydrogens is 283 g/mol. The standard InChI is InChI=1S/C16H17FN4O/c17-12-5-4-6-13(11-12)19-15(22)14-7-8-18-16(20-14)21-9-2-1-3-10-21/h4-8,11H,1-3,9-10H2,(H,19,22). The van der Waals surface area contributed by atoms with Crippen molar-refractivity contribution in [3.63, 3.8) is 0 Å². The summed E-state index contributed by atoms with van der Waals surface area (Å²) in [6.45, 7) is 1.82. The van der Waals surface area contributed by atoms with Crippen molar-refractivity contribution in [3.05, 3.63) is 48.0 Å². The van der Waals surface area contributed by atoms with Gasteiger partial charge in [-0.25, -0.2) is 14.4 Å². The first-order valence-electron chi connectivity index (χ1n) is 7.37. The van der Waals surface area contributed by atoms with Crippen molar-refractivity contribution in [3.8, 4) is 0 Å². The van der Waals surface area contributed by atoms with Gasteiger partial charge in [0.15, 0.2) is 0 Å². The number of carbonyl (C=O) groups is 1. The maximum absolute atomic E-state index is 13.1. The van der Waals surface area contributed by atoms with Crippen LogP contribution in [0.25, 0.3) is 0 Å². The second-order valence-corrected chi connectivity index (χ2v) is 5.25. The van der Waals surface area contributed by atoms with Crippen molar-refractivity contribution in [2.45, 2.75) is 19.3 Å². The van der Waals surface area contributed by atoms with Gasteiger partial charge in [-0.05, 0) is 43.5 Å². The summed E-state index contributed by atoms with van der Waals surface area (Å²) in [6.07, 6.45) is 5.03. The van der Waals surface area contributed by atoms with Crippen LogP contribution >= 0.6 is 0 Å². The average Bonchev–Trinajstić information content (AvgIpc) is 2.56. The van der Waals surface area contributed by atoms with E-state index in [1.54, 1.807) is 24.4 Å². The van der Waals surface area contributed by atoms with Crippen LogP contribution in [0.2, 0.25) is 0 Å². The minimum atomic E-state index is -0.394. The van der Waals surface area contributed by atoms with Gasteiger partial charge in [0.25, 0.3) is 5.91 Å². The normalized spacial score (nSPS) is 14.7. The van der Waals surface area contributed by atoms with Crippen LogP contribution in [-0.4, -0.2) is 29.0 Å². The van der Waals surface area contributed by atoms with Gasteiger partial charge < -0.3 is 10.2 Å². The van der Waals surface area contributed by atoms with E-state index in [-0.39, 0.29) is 11.6 Å². The first-order chi connectivity index (χ1) is 10.7. The second kappa shape index (κ2) is 6.51. The van der Waals surface area contributed by atoms with Crippen LogP contribution in [0.5, 0.6) is 0 Å². The molecule has 1 aliphatic rings. The van der Waals surface area contributed by atoms with Crippen molar-refractivity contribution in [1.29, 1.82) is 0 Å². The molecule has 0 bridgehead atoms. The maximum atomic E-state index is 13.1. The molecule has 114 valence electrons. The topological polar surface area (TPSA) is 58.1 Å². The summed E-state index contributed by atoms with van der Waals surface area (Å²) in [5.74, 6) is -0.188. The van der Waals surface area contributed by atoms with Crippen LogP contribution in [0.3, 0.4) is 0 Å². The average molecular weight is 300 g/mol. The van der Waals surface area contributed by atoms with E-state index in [2.05, 4.69) is 20.2 Å². The number of anilines is 2. The lowest BCUT2D eigenvalue weighted by Gasteiger charge is -2.26. The molecule has 1 saturated heterocycles. The van der Waals surface area contributed by atoms with Crippen LogP contribution in [0.15, 0.2) is 36.5 Å². The zero-order valence-corrected chi connectivity index (χ0v) is 12.1. The summed E-state index contributed by atoms with van der Waals surface area (Å²) in [6, 6.07) is 7.33. The highest BCUT2D eigenvalue weighted by Crippen LogP contribution is 2.16. The van der Waals surface area contributed by atoms with E-state index in [4.69, 9.17) is 0 Å². The number of carbonyl (C=O) groups excluding carboxylic acids is 1. The fourth-order valence-corrected chi connectivity index (χ4v) is 2.48. The van der Waals surface area contributed by atoms with Crippen LogP contribution in [0.1, 0.15) is 29.8 Å². The Bertz CT molecular complexity index is 671. The van der Waals surface area contributed by atoms with Gasteiger partial charge in [-0.2, -0.15) is 0 Å². The smallest absolute Gasteiger partial charge is 0.274 e. The fourth-order valence-electron chi connectivity index (χ4n) is 2.48. The predicted octanol–water partition coefficient (Wildman–Crippen LogP) is 2.86. The van der Waals surface area contributed by atoms with Crippen LogP contribution < -0.4 is 10.2 Å². The lowest BCUT2D eigenvalue weighted by Crippen LogP contribution is -2.31. The van der Waals surface area contributed by atoms with Gasteiger partial charge in [0.1, 0.15) is 11.5 Å². The van der Waals surface area contributed by atoms with E-state index in [1.165, 1.54) is 18.6 Å². The number of piperidine rings is 1. The van der Waals surface area contributed by atoms with Crippen molar-refractivity contribution < 1.29 is 9.18 Å². The zero-order valence-electron chi connectivity index (χ0n) is 12.1. The Morgan fingerprint density at radius 2 is 2.00 bits per heavy atom. The summed E-state index contributed by atoms with van der Waals surface area (Å²) >= 11 is 0. The summed E-state index contributed by atoms with van der Waals surface area (Å²) < 4.78 is 13.1. The summed E-state index contributed by atoms with van der Waals surface area (Å²) in [5.41, 5.74) is 0.683. The van der Waals surface area contributed by atoms with Crippen molar-refractivity contribution in [2.75, 3.05) is 23.3 Å². The molecule has 2 aromatic rings. The summed E-state index contributed by atoms with van der Waals surface area (Å²) in [5, 5.41) is 2.64. The third-order valence-corrected chi connectivity index (χ3v) is 3.60. The predicted molar refractivity (Wildman–Crippen MR) is 82.4 cm³/mol. The molecule has 6 heteroatoms. The second-order valence-electron chi connectivity index (χ2n) is 5.25. The number of hydrogen-bond donors (Lipinski definition) is 1. The zero-order chi connectivity index (χ0) is 15.4. The molecule has 1 amide bonds. The molecule has 1 N–H and O–H groups in total. The molecule has 22 heavy (non-hydrogen) atoms. The molecule has 5 nitrogen and oxygen atoms in total. The Kier molecular flexibility index (Phi) is 4.27. The SMILES string of the molecule is O=C(Nc1cccc(F)c1)c1ccnc(N2CCCCC2)n1. The third kappa shape index (κ3) is 3.39. The fraction of sp³-hybridized carbons (Fsp3) is 0.312. The van der Waals surface area contributed by atoms with Crippen molar-refractivity contribution in [1.82, 2.24) is 9.97 Å². The molecule has 0 atom stereocenters. The highest BCUT2D eigenvalue weighted by atomic mass is 19.1. The van der Waals surface area contributed by atoms with Gasteiger partial charge in [0.05, 0.1) is 0 Å². The van der Waals surface area contributed by atoms with Crippen LogP contribution in [0.4, 0.5) is 16.0 Å². The number of amides is 1. The number of benzene rings is 1.